The minimum atomic E-state index is -0.317. The van der Waals surface area contributed by atoms with Crippen molar-refractivity contribution in [2.75, 3.05) is 4.90 Å². The third-order valence-electron chi connectivity index (χ3n) is 1.03. The highest BCUT2D eigenvalue weighted by Crippen LogP contribution is 2.15. The molecule has 5 heteroatoms. The minimum Gasteiger partial charge on any atom is -0.274 e. The maximum absolute atomic E-state index is 10.7. The zero-order chi connectivity index (χ0) is 8.27. The monoisotopic (exact) mass is 167 g/mol. The summed E-state index contributed by atoms with van der Waals surface area (Å²) >= 11 is 1.26. The van der Waals surface area contributed by atoms with Crippen LogP contribution in [0.15, 0.2) is 11.6 Å². The van der Waals surface area contributed by atoms with Crippen molar-refractivity contribution in [2.45, 2.75) is 6.92 Å². The van der Waals surface area contributed by atoms with Gasteiger partial charge in [0.25, 0.3) is 0 Å². The van der Waals surface area contributed by atoms with E-state index in [1.165, 1.54) is 18.3 Å². The van der Waals surface area contributed by atoms with Gasteiger partial charge in [-0.1, -0.05) is 0 Å². The van der Waals surface area contributed by atoms with Crippen LogP contribution in [0.25, 0.3) is 0 Å². The number of anilines is 1. The summed E-state index contributed by atoms with van der Waals surface area (Å²) in [7, 11) is 0. The standard InChI is InChI=1S/C6H5N3OS/c1-5(10)9(4-7)6-8-2-3-11-6/h2-3H,1H3. The zero-order valence-corrected chi connectivity index (χ0v) is 6.63. The van der Waals surface area contributed by atoms with Crippen molar-refractivity contribution in [3.8, 4) is 6.19 Å². The van der Waals surface area contributed by atoms with Crippen LogP contribution in [-0.4, -0.2) is 10.9 Å². The zero-order valence-electron chi connectivity index (χ0n) is 5.81. The fraction of sp³-hybridized carbons (Fsp3) is 0.167. The Hall–Kier alpha value is -1.41. The highest BCUT2D eigenvalue weighted by atomic mass is 32.1. The van der Waals surface area contributed by atoms with Crippen LogP contribution in [0.1, 0.15) is 6.92 Å². The van der Waals surface area contributed by atoms with Gasteiger partial charge in [-0.25, -0.2) is 4.98 Å². The topological polar surface area (TPSA) is 57.0 Å². The smallest absolute Gasteiger partial charge is 0.239 e. The van der Waals surface area contributed by atoms with Gasteiger partial charge in [0.2, 0.25) is 11.0 Å². The Bertz CT molecular complexity index is 287. The third kappa shape index (κ3) is 1.53. The van der Waals surface area contributed by atoms with Gasteiger partial charge in [0.05, 0.1) is 0 Å². The van der Waals surface area contributed by atoms with Crippen molar-refractivity contribution in [3.63, 3.8) is 0 Å². The van der Waals surface area contributed by atoms with Crippen molar-refractivity contribution in [2.24, 2.45) is 0 Å². The number of nitriles is 1. The maximum atomic E-state index is 10.7. The lowest BCUT2D eigenvalue weighted by Gasteiger charge is -2.04. The van der Waals surface area contributed by atoms with E-state index in [0.717, 1.165) is 4.90 Å². The molecule has 1 rings (SSSR count). The number of amides is 1. The van der Waals surface area contributed by atoms with Gasteiger partial charge in [-0.3, -0.25) is 4.79 Å². The van der Waals surface area contributed by atoms with E-state index in [9.17, 15) is 4.79 Å². The Morgan fingerprint density at radius 3 is 3.00 bits per heavy atom. The highest BCUT2D eigenvalue weighted by molar-refractivity contribution is 7.13. The van der Waals surface area contributed by atoms with Gasteiger partial charge in [-0.2, -0.15) is 10.2 Å². The number of hydrogen-bond donors (Lipinski definition) is 0. The molecule has 0 saturated heterocycles. The van der Waals surface area contributed by atoms with E-state index < -0.39 is 0 Å². The average Bonchev–Trinajstić information content (AvgIpc) is 2.40. The third-order valence-corrected chi connectivity index (χ3v) is 1.78. The Morgan fingerprint density at radius 1 is 1.91 bits per heavy atom. The van der Waals surface area contributed by atoms with Crippen LogP contribution >= 0.6 is 11.3 Å². The number of carbonyl (C=O) groups is 1. The van der Waals surface area contributed by atoms with Crippen LogP contribution in [-0.2, 0) is 4.79 Å². The number of rotatable bonds is 1. The summed E-state index contributed by atoms with van der Waals surface area (Å²) in [5, 5.41) is 10.6. The van der Waals surface area contributed by atoms with Gasteiger partial charge in [0.1, 0.15) is 0 Å². The van der Waals surface area contributed by atoms with Gasteiger partial charge in [0, 0.05) is 18.5 Å². The van der Waals surface area contributed by atoms with Crippen molar-refractivity contribution in [1.29, 1.82) is 5.26 Å². The largest absolute Gasteiger partial charge is 0.274 e. The number of hydrogen-bond acceptors (Lipinski definition) is 4. The van der Waals surface area contributed by atoms with E-state index in [1.54, 1.807) is 17.8 Å². The molecule has 1 heterocycles. The molecule has 0 radical (unpaired) electrons. The molecule has 4 nitrogen and oxygen atoms in total. The van der Waals surface area contributed by atoms with Crippen molar-refractivity contribution in [1.82, 2.24) is 4.98 Å². The van der Waals surface area contributed by atoms with Crippen molar-refractivity contribution in [3.05, 3.63) is 11.6 Å². The van der Waals surface area contributed by atoms with Gasteiger partial charge < -0.3 is 0 Å². The molecule has 11 heavy (non-hydrogen) atoms. The summed E-state index contributed by atoms with van der Waals surface area (Å²) in [5.74, 6) is -0.317. The first-order valence-electron chi connectivity index (χ1n) is 2.85. The fourth-order valence-electron chi connectivity index (χ4n) is 0.574. The Morgan fingerprint density at radius 2 is 2.64 bits per heavy atom. The van der Waals surface area contributed by atoms with Gasteiger partial charge in [0.15, 0.2) is 6.19 Å². The molecule has 0 aliphatic heterocycles. The first-order valence-corrected chi connectivity index (χ1v) is 3.73. The van der Waals surface area contributed by atoms with E-state index in [2.05, 4.69) is 4.98 Å². The quantitative estimate of drug-likeness (QED) is 0.462. The van der Waals surface area contributed by atoms with E-state index in [4.69, 9.17) is 5.26 Å². The maximum Gasteiger partial charge on any atom is 0.239 e. The lowest BCUT2D eigenvalue weighted by molar-refractivity contribution is -0.115. The molecule has 1 aromatic rings. The van der Waals surface area contributed by atoms with E-state index >= 15 is 0 Å². The molecular formula is C6H5N3OS. The fourth-order valence-corrected chi connectivity index (χ4v) is 1.21. The van der Waals surface area contributed by atoms with Gasteiger partial charge in [-0.15, -0.1) is 11.3 Å². The summed E-state index contributed by atoms with van der Waals surface area (Å²) in [6.45, 7) is 1.32. The number of aromatic nitrogens is 1. The second-order valence-corrected chi connectivity index (χ2v) is 2.64. The lowest BCUT2D eigenvalue weighted by atomic mass is 10.6. The molecule has 0 unspecified atom stereocenters. The lowest BCUT2D eigenvalue weighted by Crippen LogP contribution is -2.21. The van der Waals surface area contributed by atoms with Crippen LogP contribution in [0, 0.1) is 11.5 Å². The van der Waals surface area contributed by atoms with Crippen LogP contribution in [0.4, 0.5) is 5.13 Å². The molecule has 0 aliphatic rings. The van der Waals surface area contributed by atoms with Gasteiger partial charge >= 0.3 is 0 Å². The molecule has 0 fully saturated rings. The second kappa shape index (κ2) is 3.12. The van der Waals surface area contributed by atoms with Crippen LogP contribution in [0.2, 0.25) is 0 Å². The second-order valence-electron chi connectivity index (χ2n) is 1.77. The first-order chi connectivity index (χ1) is 5.25. The van der Waals surface area contributed by atoms with Crippen LogP contribution in [0.5, 0.6) is 0 Å². The highest BCUT2D eigenvalue weighted by Gasteiger charge is 2.11. The van der Waals surface area contributed by atoms with Crippen molar-refractivity contribution < 1.29 is 4.79 Å². The number of thiazole rings is 1. The summed E-state index contributed by atoms with van der Waals surface area (Å²) in [6.07, 6.45) is 3.28. The van der Waals surface area contributed by atoms with E-state index in [1.807, 2.05) is 0 Å². The number of carbonyl (C=O) groups excluding carboxylic acids is 1. The van der Waals surface area contributed by atoms with Gasteiger partial charge in [-0.05, 0) is 0 Å². The minimum absolute atomic E-state index is 0.317. The molecule has 0 bridgehead atoms. The molecule has 56 valence electrons. The predicted octanol–water partition coefficient (Wildman–Crippen LogP) is 0.977. The summed E-state index contributed by atoms with van der Waals surface area (Å²) in [6, 6.07) is 0. The number of nitrogens with zero attached hydrogens (tertiary/aromatic N) is 3. The molecule has 0 atom stereocenters. The summed E-state index contributed by atoms with van der Waals surface area (Å²) in [4.78, 5) is 15.5. The van der Waals surface area contributed by atoms with Crippen molar-refractivity contribution >= 4 is 22.4 Å². The Kier molecular flexibility index (Phi) is 2.18. The Balaban J connectivity index is 2.91. The molecule has 0 saturated carbocycles. The molecule has 1 aromatic heterocycles. The van der Waals surface area contributed by atoms with Crippen LogP contribution < -0.4 is 4.90 Å². The molecule has 0 aliphatic carbocycles. The SMILES string of the molecule is CC(=O)N(C#N)c1nccs1. The molecule has 0 spiro atoms. The summed E-state index contributed by atoms with van der Waals surface area (Å²) in [5.41, 5.74) is 0. The van der Waals surface area contributed by atoms with Crippen LogP contribution in [0.3, 0.4) is 0 Å². The molecular weight excluding hydrogens is 162 g/mol. The first kappa shape index (κ1) is 7.69. The molecule has 0 N–H and O–H groups in total. The molecule has 1 amide bonds. The predicted molar refractivity (Wildman–Crippen MR) is 40.9 cm³/mol. The normalized spacial score (nSPS) is 8.73. The Labute approximate surface area is 67.7 Å². The van der Waals surface area contributed by atoms with E-state index in [0.29, 0.717) is 5.13 Å². The summed E-state index contributed by atoms with van der Waals surface area (Å²) < 4.78 is 0. The molecule has 0 aromatic carbocycles. The van der Waals surface area contributed by atoms with E-state index in [-0.39, 0.29) is 5.91 Å². The average molecular weight is 167 g/mol.